The summed E-state index contributed by atoms with van der Waals surface area (Å²) in [6.07, 6.45) is 5.88. The van der Waals surface area contributed by atoms with E-state index in [0.717, 1.165) is 22.0 Å². The molecule has 0 aliphatic carbocycles. The van der Waals surface area contributed by atoms with Crippen LogP contribution in [0.5, 0.6) is 0 Å². The first-order chi connectivity index (χ1) is 11.8. The zero-order valence-electron chi connectivity index (χ0n) is 13.3. The number of thioether (sulfide) groups is 1. The Morgan fingerprint density at radius 3 is 2.62 bits per heavy atom. The Bertz CT molecular complexity index is 929. The normalized spacial score (nSPS) is 11.2. The molecule has 3 aromatic rings. The highest BCUT2D eigenvalue weighted by Gasteiger charge is 2.09. The number of rotatable bonds is 6. The highest BCUT2D eigenvalue weighted by molar-refractivity contribution is 7.99. The van der Waals surface area contributed by atoms with Gasteiger partial charge in [-0.1, -0.05) is 72.5 Å². The van der Waals surface area contributed by atoms with Crippen molar-refractivity contribution in [2.45, 2.75) is 11.7 Å². The van der Waals surface area contributed by atoms with Gasteiger partial charge in [-0.2, -0.15) is 0 Å². The van der Waals surface area contributed by atoms with Crippen molar-refractivity contribution in [3.8, 4) is 0 Å². The van der Waals surface area contributed by atoms with Gasteiger partial charge in [-0.05, 0) is 17.7 Å². The molecule has 120 valence electrons. The molecule has 0 aliphatic rings. The van der Waals surface area contributed by atoms with Gasteiger partial charge in [0.2, 0.25) is 0 Å². The van der Waals surface area contributed by atoms with E-state index in [1.165, 1.54) is 0 Å². The fourth-order valence-electron chi connectivity index (χ4n) is 2.42. The quantitative estimate of drug-likeness (QED) is 0.381. The maximum atomic E-state index is 12.6. The minimum absolute atomic E-state index is 0.0185. The zero-order chi connectivity index (χ0) is 16.8. The summed E-state index contributed by atoms with van der Waals surface area (Å²) in [5, 5.41) is 1.36. The maximum absolute atomic E-state index is 12.6. The molecule has 0 N–H and O–H groups in total. The van der Waals surface area contributed by atoms with Crippen LogP contribution in [-0.4, -0.2) is 15.3 Å². The fourth-order valence-corrected chi connectivity index (χ4v) is 3.24. The summed E-state index contributed by atoms with van der Waals surface area (Å²) in [5.41, 5.74) is 1.88. The summed E-state index contributed by atoms with van der Waals surface area (Å²) in [6.45, 7) is 4.20. The second-order valence-electron chi connectivity index (χ2n) is 5.24. The summed E-state index contributed by atoms with van der Waals surface area (Å²) in [5.74, 6) is 0.747. The number of benzene rings is 2. The van der Waals surface area contributed by atoms with Gasteiger partial charge in [-0.25, -0.2) is 4.98 Å². The van der Waals surface area contributed by atoms with Gasteiger partial charge in [0.05, 0.1) is 10.9 Å². The first-order valence-corrected chi connectivity index (χ1v) is 8.73. The molecule has 3 rings (SSSR count). The number of hydrogen-bond donors (Lipinski definition) is 0. The fraction of sp³-hybridized carbons (Fsp3) is 0.100. The van der Waals surface area contributed by atoms with Gasteiger partial charge in [0, 0.05) is 12.3 Å². The van der Waals surface area contributed by atoms with Crippen LogP contribution in [-0.2, 0) is 6.54 Å². The van der Waals surface area contributed by atoms with Gasteiger partial charge in [-0.15, -0.1) is 6.58 Å². The zero-order valence-corrected chi connectivity index (χ0v) is 14.1. The third kappa shape index (κ3) is 3.66. The van der Waals surface area contributed by atoms with Crippen LogP contribution in [0.2, 0.25) is 0 Å². The summed E-state index contributed by atoms with van der Waals surface area (Å²) >= 11 is 1.55. The lowest BCUT2D eigenvalue weighted by Crippen LogP contribution is -2.22. The Hall–Kier alpha value is -2.59. The second kappa shape index (κ2) is 7.79. The Kier molecular flexibility index (Phi) is 5.29. The van der Waals surface area contributed by atoms with Crippen LogP contribution in [0.3, 0.4) is 0 Å². The second-order valence-corrected chi connectivity index (χ2v) is 6.23. The van der Waals surface area contributed by atoms with Gasteiger partial charge in [0.15, 0.2) is 5.16 Å². The van der Waals surface area contributed by atoms with Crippen molar-refractivity contribution in [2.24, 2.45) is 0 Å². The molecule has 3 nitrogen and oxygen atoms in total. The molecule has 4 heteroatoms. The van der Waals surface area contributed by atoms with E-state index in [1.807, 2.05) is 42.5 Å². The van der Waals surface area contributed by atoms with Gasteiger partial charge >= 0.3 is 0 Å². The van der Waals surface area contributed by atoms with Crippen molar-refractivity contribution in [1.29, 1.82) is 0 Å². The molecule has 0 spiro atoms. The first kappa shape index (κ1) is 16.3. The van der Waals surface area contributed by atoms with Crippen LogP contribution >= 0.6 is 11.8 Å². The molecule has 0 saturated heterocycles. The standard InChI is InChI=1S/C20H18N2OS/c1-2-14-22-19(23)17-12-6-7-13-18(17)21-20(22)24-15-8-11-16-9-4-3-5-10-16/h2-13H,1,14-15H2/b11-8+. The molecule has 0 unspecified atom stereocenters. The lowest BCUT2D eigenvalue weighted by molar-refractivity contribution is 0.672. The van der Waals surface area contributed by atoms with Crippen molar-refractivity contribution in [3.05, 3.63) is 89.2 Å². The van der Waals surface area contributed by atoms with E-state index in [2.05, 4.69) is 35.8 Å². The molecular weight excluding hydrogens is 316 g/mol. The minimum atomic E-state index is -0.0185. The van der Waals surface area contributed by atoms with Crippen molar-refractivity contribution in [2.75, 3.05) is 5.75 Å². The average molecular weight is 334 g/mol. The summed E-state index contributed by atoms with van der Waals surface area (Å²) in [6, 6.07) is 17.6. The molecule has 0 radical (unpaired) electrons. The maximum Gasteiger partial charge on any atom is 0.262 e. The highest BCUT2D eigenvalue weighted by atomic mass is 32.2. The number of para-hydroxylation sites is 1. The molecule has 0 saturated carbocycles. The molecule has 0 atom stereocenters. The van der Waals surface area contributed by atoms with Crippen LogP contribution in [0, 0.1) is 0 Å². The van der Waals surface area contributed by atoms with Crippen molar-refractivity contribution in [1.82, 2.24) is 9.55 Å². The van der Waals surface area contributed by atoms with E-state index in [0.29, 0.717) is 11.9 Å². The van der Waals surface area contributed by atoms with E-state index in [9.17, 15) is 4.79 Å². The molecule has 0 fully saturated rings. The Morgan fingerprint density at radius 1 is 1.08 bits per heavy atom. The van der Waals surface area contributed by atoms with Gasteiger partial charge in [0.1, 0.15) is 0 Å². The van der Waals surface area contributed by atoms with E-state index in [1.54, 1.807) is 22.4 Å². The van der Waals surface area contributed by atoms with Crippen LogP contribution in [0.15, 0.2) is 83.3 Å². The number of fused-ring (bicyclic) bond motifs is 1. The lowest BCUT2D eigenvalue weighted by atomic mass is 10.2. The van der Waals surface area contributed by atoms with Crippen molar-refractivity contribution in [3.63, 3.8) is 0 Å². The summed E-state index contributed by atoms with van der Waals surface area (Å²) in [7, 11) is 0. The minimum Gasteiger partial charge on any atom is -0.283 e. The predicted molar refractivity (Wildman–Crippen MR) is 102 cm³/mol. The third-order valence-corrected chi connectivity index (χ3v) is 4.49. The monoisotopic (exact) mass is 334 g/mol. The summed E-state index contributed by atoms with van der Waals surface area (Å²) in [4.78, 5) is 17.3. The molecule has 2 aromatic carbocycles. The molecule has 1 aromatic heterocycles. The molecule has 0 aliphatic heterocycles. The largest absolute Gasteiger partial charge is 0.283 e. The highest BCUT2D eigenvalue weighted by Crippen LogP contribution is 2.18. The number of aromatic nitrogens is 2. The van der Waals surface area contributed by atoms with Crippen molar-refractivity contribution >= 4 is 28.7 Å². The van der Waals surface area contributed by atoms with E-state index in [-0.39, 0.29) is 5.56 Å². The SMILES string of the molecule is C=CCn1c(SC/C=C/c2ccccc2)nc2ccccc2c1=O. The number of allylic oxidation sites excluding steroid dienone is 1. The number of nitrogens with zero attached hydrogens (tertiary/aromatic N) is 2. The molecule has 0 bridgehead atoms. The average Bonchev–Trinajstić information content (AvgIpc) is 2.63. The van der Waals surface area contributed by atoms with Crippen molar-refractivity contribution < 1.29 is 0 Å². The van der Waals surface area contributed by atoms with Gasteiger partial charge in [0.25, 0.3) is 5.56 Å². The number of hydrogen-bond acceptors (Lipinski definition) is 3. The van der Waals surface area contributed by atoms with Gasteiger partial charge in [-0.3, -0.25) is 9.36 Å². The van der Waals surface area contributed by atoms with Gasteiger partial charge < -0.3 is 0 Å². The van der Waals surface area contributed by atoms with E-state index < -0.39 is 0 Å². The Labute approximate surface area is 145 Å². The van der Waals surface area contributed by atoms with Crippen LogP contribution in [0.25, 0.3) is 17.0 Å². The third-order valence-electron chi connectivity index (χ3n) is 3.56. The van der Waals surface area contributed by atoms with E-state index in [4.69, 9.17) is 0 Å². The molecule has 0 amide bonds. The Morgan fingerprint density at radius 2 is 1.83 bits per heavy atom. The Balaban J connectivity index is 1.85. The predicted octanol–water partition coefficient (Wildman–Crippen LogP) is 4.39. The molecular formula is C20H18N2OS. The first-order valence-electron chi connectivity index (χ1n) is 7.74. The van der Waals surface area contributed by atoms with E-state index >= 15 is 0 Å². The smallest absolute Gasteiger partial charge is 0.262 e. The molecule has 1 heterocycles. The van der Waals surface area contributed by atoms with Crippen LogP contribution < -0.4 is 5.56 Å². The molecule has 24 heavy (non-hydrogen) atoms. The summed E-state index contributed by atoms with van der Waals surface area (Å²) < 4.78 is 1.68. The topological polar surface area (TPSA) is 34.9 Å². The lowest BCUT2D eigenvalue weighted by Gasteiger charge is -2.10. The van der Waals surface area contributed by atoms with Crippen LogP contribution in [0.4, 0.5) is 0 Å². The van der Waals surface area contributed by atoms with Crippen LogP contribution in [0.1, 0.15) is 5.56 Å².